The topological polar surface area (TPSA) is 62.2 Å². The summed E-state index contributed by atoms with van der Waals surface area (Å²) >= 11 is 12.0. The lowest BCUT2D eigenvalue weighted by atomic mass is 9.74. The number of fused-ring (bicyclic) bond motifs is 2. The Morgan fingerprint density at radius 3 is 2.73 bits per heavy atom. The van der Waals surface area contributed by atoms with E-state index in [1.165, 1.54) is 0 Å². The van der Waals surface area contributed by atoms with Crippen molar-refractivity contribution < 1.29 is 9.90 Å². The average Bonchev–Trinajstić information content (AvgIpc) is 3.15. The number of nitrogens with one attached hydrogen (secondary N) is 1. The first-order valence-electron chi connectivity index (χ1n) is 8.80. The van der Waals surface area contributed by atoms with E-state index in [1.54, 1.807) is 24.4 Å². The third kappa shape index (κ3) is 3.11. The first-order valence-corrected chi connectivity index (χ1v) is 9.56. The Balaban J connectivity index is 1.62. The number of halogens is 2. The molecule has 2 aliphatic carbocycles. The van der Waals surface area contributed by atoms with Crippen LogP contribution in [0.15, 0.2) is 36.5 Å². The van der Waals surface area contributed by atoms with Crippen LogP contribution in [0.25, 0.3) is 0 Å². The van der Waals surface area contributed by atoms with Gasteiger partial charge in [0.2, 0.25) is 5.91 Å². The predicted octanol–water partition coefficient (Wildman–Crippen LogP) is 4.44. The van der Waals surface area contributed by atoms with E-state index in [0.29, 0.717) is 22.2 Å². The fourth-order valence-corrected chi connectivity index (χ4v) is 5.03. The molecular weight excluding hydrogens is 371 g/mol. The van der Waals surface area contributed by atoms with Crippen LogP contribution in [-0.2, 0) is 4.79 Å². The molecule has 1 aromatic heterocycles. The summed E-state index contributed by atoms with van der Waals surface area (Å²) < 4.78 is 0. The van der Waals surface area contributed by atoms with Gasteiger partial charge in [-0.1, -0.05) is 23.2 Å². The molecule has 2 aliphatic rings. The zero-order valence-corrected chi connectivity index (χ0v) is 15.8. The summed E-state index contributed by atoms with van der Waals surface area (Å²) in [4.78, 5) is 17.3. The standard InChI is InChI=1S/C20H20Cl2N2O2/c1-10-6-11(4-5-23-10)18-14-7-12(8-17(14)25)19(18)20(26)24-13-2-3-15(21)16(22)9-13/h2-6,9,12,14,17-19,25H,7-8H2,1H3,(H,24,26)/t12-,14+,17+,18+,19+/m0/s1. The molecule has 136 valence electrons. The number of aryl methyl sites for hydroxylation is 1. The number of rotatable bonds is 3. The monoisotopic (exact) mass is 390 g/mol. The number of aromatic nitrogens is 1. The zero-order valence-electron chi connectivity index (χ0n) is 14.3. The van der Waals surface area contributed by atoms with Gasteiger partial charge in [0.1, 0.15) is 0 Å². The summed E-state index contributed by atoms with van der Waals surface area (Å²) in [6.07, 6.45) is 3.00. The minimum absolute atomic E-state index is 0.00761. The maximum Gasteiger partial charge on any atom is 0.228 e. The van der Waals surface area contributed by atoms with Gasteiger partial charge in [-0.3, -0.25) is 9.78 Å². The molecule has 6 heteroatoms. The molecule has 2 saturated carbocycles. The lowest BCUT2D eigenvalue weighted by molar-refractivity contribution is -0.122. The Kier molecular flexibility index (Phi) is 4.68. The van der Waals surface area contributed by atoms with Crippen LogP contribution in [-0.4, -0.2) is 22.1 Å². The van der Waals surface area contributed by atoms with Crippen LogP contribution < -0.4 is 5.32 Å². The molecule has 4 nitrogen and oxygen atoms in total. The molecule has 2 bridgehead atoms. The summed E-state index contributed by atoms with van der Waals surface area (Å²) in [6.45, 7) is 1.94. The van der Waals surface area contributed by atoms with E-state index in [4.69, 9.17) is 23.2 Å². The molecule has 2 N–H and O–H groups in total. The van der Waals surface area contributed by atoms with Gasteiger partial charge < -0.3 is 10.4 Å². The molecule has 0 radical (unpaired) electrons. The van der Waals surface area contributed by atoms with Crippen molar-refractivity contribution in [2.75, 3.05) is 5.32 Å². The number of anilines is 1. The fraction of sp³-hybridized carbons (Fsp3) is 0.400. The van der Waals surface area contributed by atoms with Crippen LogP contribution in [0.4, 0.5) is 5.69 Å². The van der Waals surface area contributed by atoms with Gasteiger partial charge in [-0.15, -0.1) is 0 Å². The molecule has 0 aliphatic heterocycles. The van der Waals surface area contributed by atoms with Crippen molar-refractivity contribution in [3.8, 4) is 0 Å². The van der Waals surface area contributed by atoms with E-state index >= 15 is 0 Å². The van der Waals surface area contributed by atoms with Gasteiger partial charge in [0.25, 0.3) is 0 Å². The second-order valence-corrected chi connectivity index (χ2v) is 8.18. The van der Waals surface area contributed by atoms with Crippen molar-refractivity contribution in [3.05, 3.63) is 57.8 Å². The van der Waals surface area contributed by atoms with Crippen molar-refractivity contribution in [1.82, 2.24) is 4.98 Å². The molecule has 0 unspecified atom stereocenters. The average molecular weight is 391 g/mol. The maximum absolute atomic E-state index is 13.1. The molecule has 2 fully saturated rings. The number of nitrogens with zero attached hydrogens (tertiary/aromatic N) is 1. The SMILES string of the molecule is Cc1cc([C@@H]2[C@@H]3C[C@@H](C[C@H]3O)[C@H]2C(=O)Nc2ccc(Cl)c(Cl)c2)ccn1. The number of carbonyl (C=O) groups excluding carboxylic acids is 1. The lowest BCUT2D eigenvalue weighted by Gasteiger charge is -2.33. The zero-order chi connectivity index (χ0) is 18.4. The summed E-state index contributed by atoms with van der Waals surface area (Å²) in [7, 11) is 0. The van der Waals surface area contributed by atoms with Gasteiger partial charge >= 0.3 is 0 Å². The quantitative estimate of drug-likeness (QED) is 0.814. The Morgan fingerprint density at radius 2 is 2.00 bits per heavy atom. The largest absolute Gasteiger partial charge is 0.393 e. The van der Waals surface area contributed by atoms with Crippen molar-refractivity contribution in [2.45, 2.75) is 31.8 Å². The van der Waals surface area contributed by atoms with Gasteiger partial charge in [-0.05, 0) is 67.5 Å². The van der Waals surface area contributed by atoms with E-state index in [9.17, 15) is 9.90 Å². The van der Waals surface area contributed by atoms with E-state index in [1.807, 2.05) is 19.1 Å². The minimum atomic E-state index is -0.340. The van der Waals surface area contributed by atoms with Crippen LogP contribution in [0.2, 0.25) is 10.0 Å². The molecule has 0 saturated heterocycles. The minimum Gasteiger partial charge on any atom is -0.393 e. The van der Waals surface area contributed by atoms with Crippen molar-refractivity contribution in [3.63, 3.8) is 0 Å². The van der Waals surface area contributed by atoms with Gasteiger partial charge in [-0.2, -0.15) is 0 Å². The lowest BCUT2D eigenvalue weighted by Crippen LogP contribution is -2.37. The summed E-state index contributed by atoms with van der Waals surface area (Å²) in [5.74, 6) is 0.123. The Hall–Kier alpha value is -1.62. The molecule has 4 rings (SSSR count). The number of hydrogen-bond donors (Lipinski definition) is 2. The second-order valence-electron chi connectivity index (χ2n) is 7.36. The van der Waals surface area contributed by atoms with Gasteiger partial charge in [0, 0.05) is 29.4 Å². The predicted molar refractivity (Wildman–Crippen MR) is 103 cm³/mol. The molecule has 1 aromatic carbocycles. The highest BCUT2D eigenvalue weighted by molar-refractivity contribution is 6.42. The molecule has 2 aromatic rings. The van der Waals surface area contributed by atoms with Crippen LogP contribution in [0, 0.1) is 24.7 Å². The number of pyridine rings is 1. The van der Waals surface area contributed by atoms with Gasteiger partial charge in [0.05, 0.1) is 16.1 Å². The molecular formula is C20H20Cl2N2O2. The van der Waals surface area contributed by atoms with E-state index in [0.717, 1.165) is 17.7 Å². The molecule has 1 heterocycles. The smallest absolute Gasteiger partial charge is 0.228 e. The molecule has 5 atom stereocenters. The van der Waals surface area contributed by atoms with Crippen molar-refractivity contribution >= 4 is 34.8 Å². The maximum atomic E-state index is 13.1. The van der Waals surface area contributed by atoms with E-state index in [2.05, 4.69) is 10.3 Å². The highest BCUT2D eigenvalue weighted by atomic mass is 35.5. The molecule has 1 amide bonds. The highest BCUT2D eigenvalue weighted by Gasteiger charge is 2.55. The number of aliphatic hydroxyl groups is 1. The van der Waals surface area contributed by atoms with Crippen LogP contribution in [0.5, 0.6) is 0 Å². The molecule has 0 spiro atoms. The molecule has 26 heavy (non-hydrogen) atoms. The van der Waals surface area contributed by atoms with Crippen LogP contribution in [0.3, 0.4) is 0 Å². The van der Waals surface area contributed by atoms with Crippen molar-refractivity contribution in [2.24, 2.45) is 17.8 Å². The third-order valence-corrected chi connectivity index (χ3v) is 6.50. The fourth-order valence-electron chi connectivity index (χ4n) is 4.73. The number of aliphatic hydroxyl groups excluding tert-OH is 1. The second kappa shape index (κ2) is 6.84. The van der Waals surface area contributed by atoms with E-state index < -0.39 is 0 Å². The van der Waals surface area contributed by atoms with Gasteiger partial charge in [-0.25, -0.2) is 0 Å². The number of carbonyl (C=O) groups is 1. The normalized spacial score (nSPS) is 29.8. The third-order valence-electron chi connectivity index (χ3n) is 5.76. The summed E-state index contributed by atoms with van der Waals surface area (Å²) in [6, 6.07) is 9.07. The summed E-state index contributed by atoms with van der Waals surface area (Å²) in [5.41, 5.74) is 2.64. The summed E-state index contributed by atoms with van der Waals surface area (Å²) in [5, 5.41) is 14.3. The Bertz CT molecular complexity index is 857. The highest BCUT2D eigenvalue weighted by Crippen LogP contribution is 2.57. The Morgan fingerprint density at radius 1 is 1.19 bits per heavy atom. The number of hydrogen-bond acceptors (Lipinski definition) is 3. The first-order chi connectivity index (χ1) is 12.4. The first kappa shape index (κ1) is 17.8. The number of amides is 1. The van der Waals surface area contributed by atoms with Crippen LogP contribution in [0.1, 0.15) is 30.0 Å². The van der Waals surface area contributed by atoms with Gasteiger partial charge in [0.15, 0.2) is 0 Å². The van der Waals surface area contributed by atoms with E-state index in [-0.39, 0.29) is 35.7 Å². The van der Waals surface area contributed by atoms with Crippen molar-refractivity contribution in [1.29, 1.82) is 0 Å². The number of benzene rings is 1. The Labute approximate surface area is 162 Å². The van der Waals surface area contributed by atoms with Crippen LogP contribution >= 0.6 is 23.2 Å².